The van der Waals surface area contributed by atoms with E-state index in [1.54, 1.807) is 17.7 Å². The van der Waals surface area contributed by atoms with Crippen molar-refractivity contribution in [2.75, 3.05) is 0 Å². The van der Waals surface area contributed by atoms with Crippen molar-refractivity contribution in [3.05, 3.63) is 170 Å². The topological polar surface area (TPSA) is 77.3 Å². The minimum atomic E-state index is 0.619. The Balaban J connectivity index is 1.00. The van der Waals surface area contributed by atoms with Gasteiger partial charge in [0.15, 0.2) is 17.5 Å². The minimum absolute atomic E-state index is 0.619. The molecule has 0 bridgehead atoms. The Hall–Kier alpha value is -6.96. The average molecular weight is 697 g/mol. The average Bonchev–Trinajstić information content (AvgIpc) is 3.61. The van der Waals surface area contributed by atoms with E-state index in [9.17, 15) is 0 Å². The van der Waals surface area contributed by atoms with Crippen molar-refractivity contribution in [2.45, 2.75) is 0 Å². The summed E-state index contributed by atoms with van der Waals surface area (Å²) >= 11 is 1.64. The fourth-order valence-electron chi connectivity index (χ4n) is 6.76. The number of aromatic nitrogens is 6. The van der Waals surface area contributed by atoms with Crippen LogP contribution < -0.4 is 0 Å². The van der Waals surface area contributed by atoms with E-state index in [1.807, 2.05) is 54.6 Å². The van der Waals surface area contributed by atoms with E-state index in [0.717, 1.165) is 76.0 Å². The maximum absolute atomic E-state index is 5.01. The molecular weight excluding hydrogens is 669 g/mol. The highest BCUT2D eigenvalue weighted by atomic mass is 32.1. The summed E-state index contributed by atoms with van der Waals surface area (Å²) in [6.07, 6.45) is 1.65. The number of hydrogen-bond donors (Lipinski definition) is 0. The molecule has 4 aromatic heterocycles. The molecule has 0 saturated heterocycles. The summed E-state index contributed by atoms with van der Waals surface area (Å²) in [6, 6.07) is 56.1. The van der Waals surface area contributed by atoms with Crippen LogP contribution in [0, 0.1) is 0 Å². The Morgan fingerprint density at radius 1 is 0.377 bits per heavy atom. The molecule has 0 atom stereocenters. The molecule has 0 radical (unpaired) electrons. The van der Waals surface area contributed by atoms with Crippen molar-refractivity contribution in [3.63, 3.8) is 0 Å². The van der Waals surface area contributed by atoms with Gasteiger partial charge in [-0.3, -0.25) is 0 Å². The van der Waals surface area contributed by atoms with Crippen molar-refractivity contribution in [1.29, 1.82) is 0 Å². The van der Waals surface area contributed by atoms with Crippen LogP contribution in [0.5, 0.6) is 0 Å². The van der Waals surface area contributed by atoms with Gasteiger partial charge in [-0.15, -0.1) is 11.3 Å². The number of fused-ring (bicyclic) bond motifs is 4. The first kappa shape index (κ1) is 30.8. The van der Waals surface area contributed by atoms with Gasteiger partial charge in [-0.25, -0.2) is 29.9 Å². The van der Waals surface area contributed by atoms with Crippen molar-refractivity contribution in [2.24, 2.45) is 0 Å². The summed E-state index contributed by atoms with van der Waals surface area (Å²) in [4.78, 5) is 30.2. The van der Waals surface area contributed by atoms with Crippen LogP contribution in [0.2, 0.25) is 0 Å². The van der Waals surface area contributed by atoms with Crippen molar-refractivity contribution in [3.8, 4) is 67.7 Å². The van der Waals surface area contributed by atoms with Crippen LogP contribution in [0.1, 0.15) is 0 Å². The van der Waals surface area contributed by atoms with E-state index >= 15 is 0 Å². The van der Waals surface area contributed by atoms with Crippen LogP contribution in [0.4, 0.5) is 0 Å². The van der Waals surface area contributed by atoms with Gasteiger partial charge in [0.25, 0.3) is 0 Å². The molecule has 0 aliphatic carbocycles. The Labute approximate surface area is 309 Å². The second-order valence-electron chi connectivity index (χ2n) is 12.8. The molecule has 0 aliphatic heterocycles. The molecule has 0 aliphatic rings. The van der Waals surface area contributed by atoms with Crippen LogP contribution in [0.15, 0.2) is 170 Å². The van der Waals surface area contributed by atoms with Gasteiger partial charge in [0.05, 0.1) is 21.4 Å². The van der Waals surface area contributed by atoms with E-state index in [2.05, 4.69) is 114 Å². The highest BCUT2D eigenvalue weighted by Gasteiger charge is 2.16. The van der Waals surface area contributed by atoms with Crippen molar-refractivity contribution in [1.82, 2.24) is 29.9 Å². The molecular formula is C46H28N6S. The standard InChI is InChI=1S/C46H28N6S/c1-3-10-29(11-4-1)30-20-24-34(25-21-30)44-50-43(33-12-5-2-6-13-33)51-45(52-44)37-16-9-15-35(26-37)31-18-22-32(23-19-31)40-42-41(48-28-47-40)38-27-36-14-7-8-17-39(36)49-46(38)53-42/h1-28H. The maximum Gasteiger partial charge on any atom is 0.164 e. The summed E-state index contributed by atoms with van der Waals surface area (Å²) in [6.45, 7) is 0. The monoisotopic (exact) mass is 696 g/mol. The zero-order valence-electron chi connectivity index (χ0n) is 28.3. The molecule has 0 unspecified atom stereocenters. The van der Waals surface area contributed by atoms with Gasteiger partial charge in [0.1, 0.15) is 11.2 Å². The molecule has 4 heterocycles. The van der Waals surface area contributed by atoms with Crippen molar-refractivity contribution < 1.29 is 0 Å². The largest absolute Gasteiger partial charge is 0.237 e. The Bertz CT molecular complexity index is 2930. The molecule has 248 valence electrons. The van der Waals surface area contributed by atoms with Gasteiger partial charge in [0, 0.05) is 33.0 Å². The number of thiophene rings is 1. The van der Waals surface area contributed by atoms with Crippen LogP contribution in [0.25, 0.3) is 99.0 Å². The number of para-hydroxylation sites is 1. The quantitative estimate of drug-likeness (QED) is 0.172. The molecule has 6 nitrogen and oxygen atoms in total. The van der Waals surface area contributed by atoms with Gasteiger partial charge in [-0.05, 0) is 40.5 Å². The number of benzene rings is 6. The highest BCUT2D eigenvalue weighted by Crippen LogP contribution is 2.38. The lowest BCUT2D eigenvalue weighted by Gasteiger charge is -2.10. The number of rotatable bonds is 6. The second kappa shape index (κ2) is 13.0. The van der Waals surface area contributed by atoms with Crippen LogP contribution in [-0.4, -0.2) is 29.9 Å². The normalized spacial score (nSPS) is 11.4. The lowest BCUT2D eigenvalue weighted by atomic mass is 10.0. The summed E-state index contributed by atoms with van der Waals surface area (Å²) in [5, 5.41) is 2.16. The van der Waals surface area contributed by atoms with Gasteiger partial charge in [-0.1, -0.05) is 146 Å². The predicted molar refractivity (Wildman–Crippen MR) is 216 cm³/mol. The molecule has 10 rings (SSSR count). The fraction of sp³-hybridized carbons (Fsp3) is 0. The summed E-state index contributed by atoms with van der Waals surface area (Å²) in [5.74, 6) is 1.88. The van der Waals surface area contributed by atoms with E-state index in [4.69, 9.17) is 24.9 Å². The van der Waals surface area contributed by atoms with E-state index in [-0.39, 0.29) is 0 Å². The van der Waals surface area contributed by atoms with E-state index in [0.29, 0.717) is 17.5 Å². The first-order valence-electron chi connectivity index (χ1n) is 17.4. The minimum Gasteiger partial charge on any atom is -0.237 e. The van der Waals surface area contributed by atoms with Gasteiger partial charge >= 0.3 is 0 Å². The zero-order chi connectivity index (χ0) is 35.1. The lowest BCUT2D eigenvalue weighted by Crippen LogP contribution is -2.00. The van der Waals surface area contributed by atoms with Crippen LogP contribution in [-0.2, 0) is 0 Å². The predicted octanol–water partition coefficient (Wildman–Crippen LogP) is 11.6. The molecule has 0 saturated carbocycles. The van der Waals surface area contributed by atoms with E-state index in [1.165, 1.54) is 5.56 Å². The Kier molecular flexibility index (Phi) is 7.55. The summed E-state index contributed by atoms with van der Waals surface area (Å²) in [5.41, 5.74) is 11.1. The molecule has 6 aromatic carbocycles. The Morgan fingerprint density at radius 3 is 1.64 bits per heavy atom. The molecule has 53 heavy (non-hydrogen) atoms. The first-order chi connectivity index (χ1) is 26.2. The van der Waals surface area contributed by atoms with Crippen LogP contribution >= 0.6 is 11.3 Å². The first-order valence-corrected chi connectivity index (χ1v) is 18.2. The third kappa shape index (κ3) is 5.79. The highest BCUT2D eigenvalue weighted by molar-refractivity contribution is 7.25. The lowest BCUT2D eigenvalue weighted by molar-refractivity contribution is 1.07. The van der Waals surface area contributed by atoms with Crippen LogP contribution in [0.3, 0.4) is 0 Å². The summed E-state index contributed by atoms with van der Waals surface area (Å²) < 4.78 is 1.04. The molecule has 10 aromatic rings. The maximum atomic E-state index is 5.01. The second-order valence-corrected chi connectivity index (χ2v) is 13.8. The third-order valence-electron chi connectivity index (χ3n) is 9.48. The van der Waals surface area contributed by atoms with Gasteiger partial charge in [-0.2, -0.15) is 0 Å². The number of nitrogens with zero attached hydrogens (tertiary/aromatic N) is 6. The molecule has 7 heteroatoms. The van der Waals surface area contributed by atoms with Gasteiger partial charge in [0.2, 0.25) is 0 Å². The summed E-state index contributed by atoms with van der Waals surface area (Å²) in [7, 11) is 0. The van der Waals surface area contributed by atoms with Crippen molar-refractivity contribution >= 4 is 42.7 Å². The third-order valence-corrected chi connectivity index (χ3v) is 10.6. The number of hydrogen-bond acceptors (Lipinski definition) is 7. The molecule has 0 fully saturated rings. The SMILES string of the molecule is c1ccc(-c2ccc(-c3nc(-c4ccccc4)nc(-c4cccc(-c5ccc(-c6ncnc7c6sc6nc8ccccc8cc67)cc5)c4)n3)cc2)cc1. The van der Waals surface area contributed by atoms with E-state index < -0.39 is 0 Å². The molecule has 0 amide bonds. The fourth-order valence-corrected chi connectivity index (χ4v) is 7.89. The molecule has 0 spiro atoms. The Morgan fingerprint density at radius 2 is 0.906 bits per heavy atom. The smallest absolute Gasteiger partial charge is 0.164 e. The van der Waals surface area contributed by atoms with Gasteiger partial charge < -0.3 is 0 Å². The molecule has 0 N–H and O–H groups in total. The zero-order valence-corrected chi connectivity index (χ0v) is 29.1. The number of pyridine rings is 1.